The van der Waals surface area contributed by atoms with Crippen molar-refractivity contribution in [2.45, 2.75) is 24.6 Å². The van der Waals surface area contributed by atoms with Crippen molar-refractivity contribution in [1.82, 2.24) is 0 Å². The van der Waals surface area contributed by atoms with Gasteiger partial charge in [0, 0.05) is 29.2 Å². The number of benzene rings is 1. The van der Waals surface area contributed by atoms with Crippen LogP contribution in [0.4, 0.5) is 5.69 Å². The number of anilines is 1. The van der Waals surface area contributed by atoms with E-state index in [0.717, 1.165) is 17.2 Å². The van der Waals surface area contributed by atoms with Crippen LogP contribution in [0.1, 0.15) is 13.3 Å². The van der Waals surface area contributed by atoms with E-state index in [2.05, 4.69) is 12.2 Å². The lowest BCUT2D eigenvalue weighted by Gasteiger charge is -2.17. The quantitative estimate of drug-likeness (QED) is 0.915. The molecule has 1 fully saturated rings. The molecule has 1 heterocycles. The molecule has 5 heteroatoms. The maximum absolute atomic E-state index is 6.08. The molecule has 2 atom stereocenters. The third kappa shape index (κ3) is 2.98. The molecular formula is C13H18ClNO2S. The molecule has 0 radical (unpaired) electrons. The van der Waals surface area contributed by atoms with E-state index >= 15 is 0 Å². The number of ether oxygens (including phenoxy) is 2. The fraction of sp³-hybridized carbons (Fsp3) is 0.538. The summed E-state index contributed by atoms with van der Waals surface area (Å²) in [6.45, 7) is 2.26. The van der Waals surface area contributed by atoms with Gasteiger partial charge in [-0.25, -0.2) is 0 Å². The summed E-state index contributed by atoms with van der Waals surface area (Å²) in [5, 5.41) is 4.78. The van der Waals surface area contributed by atoms with E-state index in [1.807, 2.05) is 17.8 Å². The van der Waals surface area contributed by atoms with Crippen LogP contribution in [0, 0.1) is 0 Å². The van der Waals surface area contributed by atoms with Gasteiger partial charge in [-0.15, -0.1) is 0 Å². The molecule has 2 unspecified atom stereocenters. The highest BCUT2D eigenvalue weighted by Crippen LogP contribution is 2.37. The molecule has 1 aliphatic rings. The second-order valence-corrected chi connectivity index (χ2v) is 6.29. The predicted octanol–water partition coefficient (Wildman–Crippen LogP) is 3.66. The fourth-order valence-electron chi connectivity index (χ4n) is 2.11. The average Bonchev–Trinajstić information content (AvgIpc) is 2.76. The highest BCUT2D eigenvalue weighted by atomic mass is 35.5. The summed E-state index contributed by atoms with van der Waals surface area (Å²) in [4.78, 5) is 0. The van der Waals surface area contributed by atoms with E-state index in [9.17, 15) is 0 Å². The molecule has 1 saturated heterocycles. The Labute approximate surface area is 117 Å². The lowest BCUT2D eigenvalue weighted by atomic mass is 10.1. The van der Waals surface area contributed by atoms with Crippen LogP contribution in [0.25, 0.3) is 0 Å². The number of hydrogen-bond donors (Lipinski definition) is 1. The van der Waals surface area contributed by atoms with E-state index in [1.54, 1.807) is 20.3 Å². The lowest BCUT2D eigenvalue weighted by molar-refractivity contribution is 0.404. The number of rotatable bonds is 4. The summed E-state index contributed by atoms with van der Waals surface area (Å²) in [5.41, 5.74) is 0.943. The summed E-state index contributed by atoms with van der Waals surface area (Å²) in [6.07, 6.45) is 1.17. The molecule has 1 aromatic carbocycles. The third-order valence-electron chi connectivity index (χ3n) is 3.03. The van der Waals surface area contributed by atoms with Gasteiger partial charge in [-0.2, -0.15) is 11.8 Å². The van der Waals surface area contributed by atoms with E-state index in [1.165, 1.54) is 6.42 Å². The van der Waals surface area contributed by atoms with Gasteiger partial charge in [0.25, 0.3) is 0 Å². The minimum atomic E-state index is 0.477. The van der Waals surface area contributed by atoms with Crippen molar-refractivity contribution in [3.05, 3.63) is 17.2 Å². The average molecular weight is 288 g/mol. The summed E-state index contributed by atoms with van der Waals surface area (Å²) >= 11 is 8.07. The van der Waals surface area contributed by atoms with Crippen LogP contribution in [-0.4, -0.2) is 31.3 Å². The number of nitrogens with one attached hydrogen (secondary N) is 1. The van der Waals surface area contributed by atoms with Crippen LogP contribution in [0.3, 0.4) is 0 Å². The normalized spacial score (nSPS) is 22.9. The van der Waals surface area contributed by atoms with Gasteiger partial charge in [-0.1, -0.05) is 18.5 Å². The Morgan fingerprint density at radius 2 is 2.00 bits per heavy atom. The molecule has 3 nitrogen and oxygen atoms in total. The van der Waals surface area contributed by atoms with Crippen LogP contribution < -0.4 is 14.8 Å². The molecule has 1 aliphatic heterocycles. The zero-order chi connectivity index (χ0) is 13.1. The molecule has 1 N–H and O–H groups in total. The van der Waals surface area contributed by atoms with E-state index < -0.39 is 0 Å². The molecule has 0 spiro atoms. The van der Waals surface area contributed by atoms with E-state index in [0.29, 0.717) is 22.1 Å². The Balaban J connectivity index is 2.20. The Kier molecular flexibility index (Phi) is 4.51. The van der Waals surface area contributed by atoms with Gasteiger partial charge in [0.05, 0.1) is 24.9 Å². The van der Waals surface area contributed by atoms with Crippen LogP contribution in [0.2, 0.25) is 5.02 Å². The van der Waals surface area contributed by atoms with Crippen molar-refractivity contribution >= 4 is 29.1 Å². The highest BCUT2D eigenvalue weighted by molar-refractivity contribution is 8.00. The number of methoxy groups -OCH3 is 2. The number of thioether (sulfide) groups is 1. The maximum Gasteiger partial charge on any atom is 0.143 e. The monoisotopic (exact) mass is 287 g/mol. The smallest absolute Gasteiger partial charge is 0.143 e. The third-order valence-corrected chi connectivity index (χ3v) is 4.68. The molecular weight excluding hydrogens is 270 g/mol. The minimum absolute atomic E-state index is 0.477. The molecule has 0 amide bonds. The zero-order valence-electron chi connectivity index (χ0n) is 10.8. The molecule has 100 valence electrons. The summed E-state index contributed by atoms with van der Waals surface area (Å²) in [6, 6.07) is 4.16. The summed E-state index contributed by atoms with van der Waals surface area (Å²) in [7, 11) is 3.26. The van der Waals surface area contributed by atoms with Gasteiger partial charge in [0.1, 0.15) is 11.5 Å². The number of halogens is 1. The van der Waals surface area contributed by atoms with Crippen molar-refractivity contribution in [1.29, 1.82) is 0 Å². The van der Waals surface area contributed by atoms with Crippen molar-refractivity contribution in [3.8, 4) is 11.5 Å². The lowest BCUT2D eigenvalue weighted by Crippen LogP contribution is -2.19. The van der Waals surface area contributed by atoms with Crippen LogP contribution in [0.5, 0.6) is 11.5 Å². The van der Waals surface area contributed by atoms with Gasteiger partial charge >= 0.3 is 0 Å². The van der Waals surface area contributed by atoms with E-state index in [4.69, 9.17) is 21.1 Å². The SMILES string of the molecule is COc1cc(NC2CSC(C)C2)c(OC)cc1Cl. The van der Waals surface area contributed by atoms with Crippen molar-refractivity contribution < 1.29 is 9.47 Å². The van der Waals surface area contributed by atoms with Crippen molar-refractivity contribution in [3.63, 3.8) is 0 Å². The Hall–Kier alpha value is -0.740. The largest absolute Gasteiger partial charge is 0.495 e. The molecule has 0 saturated carbocycles. The van der Waals surface area contributed by atoms with E-state index in [-0.39, 0.29) is 0 Å². The molecule has 0 bridgehead atoms. The molecule has 0 aliphatic carbocycles. The first-order valence-electron chi connectivity index (χ1n) is 5.93. The van der Waals surface area contributed by atoms with Gasteiger partial charge in [-0.3, -0.25) is 0 Å². The van der Waals surface area contributed by atoms with Crippen molar-refractivity contribution in [2.75, 3.05) is 25.3 Å². The van der Waals surface area contributed by atoms with Crippen LogP contribution >= 0.6 is 23.4 Å². The molecule has 1 aromatic rings. The van der Waals surface area contributed by atoms with Gasteiger partial charge < -0.3 is 14.8 Å². The first kappa shape index (κ1) is 13.7. The Bertz CT molecular complexity index is 428. The van der Waals surface area contributed by atoms with Crippen LogP contribution in [-0.2, 0) is 0 Å². The molecule has 2 rings (SSSR count). The second-order valence-electron chi connectivity index (χ2n) is 4.41. The first-order chi connectivity index (χ1) is 8.63. The summed E-state index contributed by atoms with van der Waals surface area (Å²) in [5.74, 6) is 2.54. The van der Waals surface area contributed by atoms with Gasteiger partial charge in [-0.05, 0) is 6.42 Å². The second kappa shape index (κ2) is 5.93. The zero-order valence-corrected chi connectivity index (χ0v) is 12.4. The standard InChI is InChI=1S/C13H18ClNO2S/c1-8-4-9(7-18-8)15-11-6-12(16-2)10(14)5-13(11)17-3/h5-6,8-9,15H,4,7H2,1-3H3. The Morgan fingerprint density at radius 3 is 2.56 bits per heavy atom. The van der Waals surface area contributed by atoms with Crippen LogP contribution in [0.15, 0.2) is 12.1 Å². The molecule has 18 heavy (non-hydrogen) atoms. The van der Waals surface area contributed by atoms with Gasteiger partial charge in [0.2, 0.25) is 0 Å². The highest BCUT2D eigenvalue weighted by Gasteiger charge is 2.23. The minimum Gasteiger partial charge on any atom is -0.495 e. The fourth-order valence-corrected chi connectivity index (χ4v) is 3.49. The van der Waals surface area contributed by atoms with Crippen molar-refractivity contribution in [2.24, 2.45) is 0 Å². The number of hydrogen-bond acceptors (Lipinski definition) is 4. The van der Waals surface area contributed by atoms with Gasteiger partial charge in [0.15, 0.2) is 0 Å². The molecule has 0 aromatic heterocycles. The topological polar surface area (TPSA) is 30.5 Å². The maximum atomic E-state index is 6.08. The summed E-state index contributed by atoms with van der Waals surface area (Å²) < 4.78 is 10.6. The predicted molar refractivity (Wildman–Crippen MR) is 78.5 cm³/mol. The Morgan fingerprint density at radius 1 is 1.28 bits per heavy atom. The first-order valence-corrected chi connectivity index (χ1v) is 7.36.